The van der Waals surface area contributed by atoms with Gasteiger partial charge in [0.15, 0.2) is 0 Å². The predicted molar refractivity (Wildman–Crippen MR) is 99.6 cm³/mol. The van der Waals surface area contributed by atoms with Crippen LogP contribution < -0.4 is 0 Å². The third-order valence-electron chi connectivity index (χ3n) is 3.97. The summed E-state index contributed by atoms with van der Waals surface area (Å²) in [5.74, 6) is -0.433. The molecule has 0 spiro atoms. The number of imide groups is 1. The van der Waals surface area contributed by atoms with Gasteiger partial charge in [-0.25, -0.2) is 9.69 Å². The summed E-state index contributed by atoms with van der Waals surface area (Å²) in [5.41, 5.74) is 0. The first-order valence-electron chi connectivity index (χ1n) is 8.96. The number of alkyl halides is 1. The molecule has 0 aromatic heterocycles. The zero-order valence-corrected chi connectivity index (χ0v) is 18.2. The molecule has 0 N–H and O–H groups in total. The number of hydrogen-bond donors (Lipinski definition) is 0. The number of carbonyl (C=O) groups is 2. The third kappa shape index (κ3) is 6.63. The average molecular weight is 440 g/mol. The Bertz CT molecular complexity index is 422. The topological polar surface area (TPSA) is 74.3 Å². The Hall–Kier alpha value is -0.483. The van der Waals surface area contributed by atoms with Crippen LogP contribution in [0, 0.1) is 5.92 Å². The van der Waals surface area contributed by atoms with E-state index in [1.54, 1.807) is 0 Å². The van der Waals surface area contributed by atoms with Crippen molar-refractivity contribution in [3.63, 3.8) is 0 Å². The Labute approximate surface area is 159 Å². The van der Waals surface area contributed by atoms with Crippen LogP contribution in [-0.4, -0.2) is 63.5 Å². The van der Waals surface area contributed by atoms with Gasteiger partial charge in [0.1, 0.15) is 6.61 Å². The number of hydrogen-bond acceptors (Lipinski definition) is 6. The smallest absolute Gasteiger partial charge is 0.447 e. The minimum Gasteiger partial charge on any atom is -0.447 e. The number of nitrogens with zero attached hydrogens (tertiary/aromatic N) is 1. The summed E-state index contributed by atoms with van der Waals surface area (Å²) in [7, 11) is -2.78. The normalized spacial score (nSPS) is 17.5. The number of amides is 2. The summed E-state index contributed by atoms with van der Waals surface area (Å²) in [5, 5.41) is 0. The van der Waals surface area contributed by atoms with Crippen molar-refractivity contribution in [3.05, 3.63) is 0 Å². The minimum atomic E-state index is -2.78. The SMILES string of the molecule is CCO[Si](CC(Br)C[C@H](CC)C(=O)N1CCOC1=O)(OCC)OCC. The first-order chi connectivity index (χ1) is 11.9. The zero-order chi connectivity index (χ0) is 18.9. The lowest BCUT2D eigenvalue weighted by Crippen LogP contribution is -2.48. The van der Waals surface area contributed by atoms with Crippen molar-refractivity contribution in [1.29, 1.82) is 0 Å². The van der Waals surface area contributed by atoms with E-state index in [0.717, 1.165) is 0 Å². The monoisotopic (exact) mass is 439 g/mol. The molecule has 2 atom stereocenters. The number of cyclic esters (lactones) is 1. The van der Waals surface area contributed by atoms with E-state index in [1.807, 2.05) is 27.7 Å². The highest BCUT2D eigenvalue weighted by Crippen LogP contribution is 2.29. The first-order valence-corrected chi connectivity index (χ1v) is 11.8. The number of halogens is 1. The van der Waals surface area contributed by atoms with Crippen LogP contribution in [0.4, 0.5) is 4.79 Å². The highest BCUT2D eigenvalue weighted by molar-refractivity contribution is 9.09. The zero-order valence-electron chi connectivity index (χ0n) is 15.6. The van der Waals surface area contributed by atoms with E-state index in [-0.39, 0.29) is 23.3 Å². The van der Waals surface area contributed by atoms with E-state index in [9.17, 15) is 9.59 Å². The molecule has 0 saturated carbocycles. The summed E-state index contributed by atoms with van der Waals surface area (Å²) in [6.07, 6.45) is 0.689. The molecule has 0 bridgehead atoms. The van der Waals surface area contributed by atoms with Gasteiger partial charge in [-0.15, -0.1) is 0 Å². The van der Waals surface area contributed by atoms with Crippen molar-refractivity contribution in [3.8, 4) is 0 Å². The molecule has 0 aliphatic carbocycles. The van der Waals surface area contributed by atoms with Crippen LogP contribution in [0.5, 0.6) is 0 Å². The van der Waals surface area contributed by atoms with Crippen molar-refractivity contribution >= 4 is 36.7 Å². The predicted octanol–water partition coefficient (Wildman–Crippen LogP) is 3.19. The van der Waals surface area contributed by atoms with Gasteiger partial charge in [-0.1, -0.05) is 22.9 Å². The molecule has 0 radical (unpaired) electrons. The van der Waals surface area contributed by atoms with Crippen LogP contribution in [0.15, 0.2) is 0 Å². The Morgan fingerprint density at radius 2 is 1.76 bits per heavy atom. The molecule has 0 aromatic carbocycles. The molecule has 1 fully saturated rings. The lowest BCUT2D eigenvalue weighted by Gasteiger charge is -2.31. The Balaban J connectivity index is 2.73. The van der Waals surface area contributed by atoms with E-state index in [1.165, 1.54) is 4.90 Å². The number of ether oxygens (including phenoxy) is 1. The van der Waals surface area contributed by atoms with Gasteiger partial charge in [0, 0.05) is 36.6 Å². The van der Waals surface area contributed by atoms with Gasteiger partial charge < -0.3 is 18.0 Å². The summed E-state index contributed by atoms with van der Waals surface area (Å²) in [6.45, 7) is 9.85. The Kier molecular flexibility index (Phi) is 10.2. The molecule has 2 amide bonds. The van der Waals surface area contributed by atoms with Crippen LogP contribution in [0.3, 0.4) is 0 Å². The molecule has 1 rings (SSSR count). The average Bonchev–Trinajstić information content (AvgIpc) is 2.98. The van der Waals surface area contributed by atoms with Gasteiger partial charge in [0.25, 0.3) is 0 Å². The van der Waals surface area contributed by atoms with Gasteiger partial charge in [-0.2, -0.15) is 0 Å². The lowest BCUT2D eigenvalue weighted by molar-refractivity contribution is -0.132. The molecule has 25 heavy (non-hydrogen) atoms. The highest BCUT2D eigenvalue weighted by atomic mass is 79.9. The van der Waals surface area contributed by atoms with Crippen molar-refractivity contribution < 1.29 is 27.6 Å². The van der Waals surface area contributed by atoms with E-state index >= 15 is 0 Å². The minimum absolute atomic E-state index is 0.00339. The van der Waals surface area contributed by atoms with Gasteiger partial charge in [0.2, 0.25) is 5.91 Å². The second-order valence-electron chi connectivity index (χ2n) is 5.73. The van der Waals surface area contributed by atoms with Crippen molar-refractivity contribution in [2.24, 2.45) is 5.92 Å². The second kappa shape index (κ2) is 11.3. The fourth-order valence-electron chi connectivity index (χ4n) is 2.88. The maximum Gasteiger partial charge on any atom is 0.502 e. The van der Waals surface area contributed by atoms with Gasteiger partial charge in [-0.05, 0) is 33.6 Å². The van der Waals surface area contributed by atoms with Crippen LogP contribution in [0.1, 0.15) is 40.5 Å². The first kappa shape index (κ1) is 22.6. The molecule has 1 aliphatic rings. The molecule has 1 aliphatic heterocycles. The highest BCUT2D eigenvalue weighted by Gasteiger charge is 2.43. The summed E-state index contributed by atoms with van der Waals surface area (Å²) < 4.78 is 22.5. The van der Waals surface area contributed by atoms with Crippen LogP contribution in [-0.2, 0) is 22.8 Å². The van der Waals surface area contributed by atoms with Gasteiger partial charge >= 0.3 is 14.9 Å². The molecular weight excluding hydrogens is 410 g/mol. The van der Waals surface area contributed by atoms with Crippen LogP contribution in [0.2, 0.25) is 6.04 Å². The van der Waals surface area contributed by atoms with E-state index in [2.05, 4.69) is 15.9 Å². The van der Waals surface area contributed by atoms with Gasteiger partial charge in [0.05, 0.1) is 6.54 Å². The quantitative estimate of drug-likeness (QED) is 0.343. The summed E-state index contributed by atoms with van der Waals surface area (Å²) in [6, 6.07) is 0.580. The molecule has 146 valence electrons. The second-order valence-corrected chi connectivity index (χ2v) is 9.66. The largest absolute Gasteiger partial charge is 0.502 e. The Morgan fingerprint density at radius 3 is 2.16 bits per heavy atom. The van der Waals surface area contributed by atoms with Crippen molar-refractivity contribution in [2.45, 2.75) is 51.4 Å². The standard InChI is InChI=1S/C16H30BrNO6Si/c1-5-13(15(19)18-9-10-21-16(18)20)11-14(17)12-25(22-6-2,23-7-3)24-8-4/h13-14H,5-12H2,1-4H3/t13-,14?/m0/s1. The Morgan fingerprint density at radius 1 is 1.20 bits per heavy atom. The number of carbonyl (C=O) groups excluding carboxylic acids is 2. The van der Waals surface area contributed by atoms with Crippen LogP contribution >= 0.6 is 15.9 Å². The molecular formula is C16H30BrNO6Si. The maximum atomic E-state index is 12.6. The summed E-state index contributed by atoms with van der Waals surface area (Å²) in [4.78, 5) is 25.4. The molecule has 1 unspecified atom stereocenters. The van der Waals surface area contributed by atoms with E-state index < -0.39 is 14.9 Å². The molecule has 0 aromatic rings. The number of rotatable bonds is 12. The molecule has 7 nitrogen and oxygen atoms in total. The van der Waals surface area contributed by atoms with E-state index in [0.29, 0.717) is 45.3 Å². The third-order valence-corrected chi connectivity index (χ3v) is 8.45. The van der Waals surface area contributed by atoms with Crippen molar-refractivity contribution in [2.75, 3.05) is 33.0 Å². The van der Waals surface area contributed by atoms with Crippen LogP contribution in [0.25, 0.3) is 0 Å². The van der Waals surface area contributed by atoms with Crippen molar-refractivity contribution in [1.82, 2.24) is 4.90 Å². The lowest BCUT2D eigenvalue weighted by atomic mass is 9.99. The van der Waals surface area contributed by atoms with Gasteiger partial charge in [-0.3, -0.25) is 4.79 Å². The maximum absolute atomic E-state index is 12.6. The fourth-order valence-corrected chi connectivity index (χ4v) is 7.15. The molecule has 9 heteroatoms. The summed E-state index contributed by atoms with van der Waals surface area (Å²) >= 11 is 3.67. The molecule has 1 heterocycles. The van der Waals surface area contributed by atoms with E-state index in [4.69, 9.17) is 18.0 Å². The molecule has 1 saturated heterocycles. The fraction of sp³-hybridized carbons (Fsp3) is 0.875.